The predicted molar refractivity (Wildman–Crippen MR) is 97.4 cm³/mol. The first-order valence-electron chi connectivity index (χ1n) is 8.54. The summed E-state index contributed by atoms with van der Waals surface area (Å²) in [6.07, 6.45) is 3.18. The first kappa shape index (κ1) is 15.6. The molecule has 3 aromatic rings. The molecule has 1 aromatic heterocycles. The second-order valence-electron chi connectivity index (χ2n) is 6.56. The average molecular weight is 335 g/mol. The minimum absolute atomic E-state index is 0.107. The van der Waals surface area contributed by atoms with Gasteiger partial charge in [0, 0.05) is 19.8 Å². The van der Waals surface area contributed by atoms with Crippen LogP contribution < -0.4 is 5.32 Å². The lowest BCUT2D eigenvalue weighted by atomic mass is 9.87. The molecule has 25 heavy (non-hydrogen) atoms. The Hall–Kier alpha value is -2.89. The summed E-state index contributed by atoms with van der Waals surface area (Å²) in [6.45, 7) is 0. The van der Waals surface area contributed by atoms with Crippen LogP contribution in [0.15, 0.2) is 42.5 Å². The van der Waals surface area contributed by atoms with Gasteiger partial charge in [0.25, 0.3) is 0 Å². The molecule has 6 nitrogen and oxygen atoms in total. The zero-order valence-electron chi connectivity index (χ0n) is 14.4. The molecule has 0 spiro atoms. The molecule has 2 aromatic carbocycles. The van der Waals surface area contributed by atoms with Crippen LogP contribution in [0, 0.1) is 0 Å². The number of carbonyl (C=O) groups is 1. The largest absolute Gasteiger partial charge is 0.322 e. The van der Waals surface area contributed by atoms with Gasteiger partial charge >= 0.3 is 6.03 Å². The standard InChI is InChI=1S/C19H21N5O/c1-23(17-9-5-7-13-6-3-4-8-15(13)17)19(25)20-14-10-11-18-16(12-14)21-22-24(18)2/h3-4,6,8,10-12,17H,5,7,9H2,1-2H3,(H,20,25)/t17-/m0/s1. The Bertz CT molecular complexity index is 932. The Morgan fingerprint density at radius 3 is 3.00 bits per heavy atom. The fourth-order valence-electron chi connectivity index (χ4n) is 3.60. The molecule has 0 bridgehead atoms. The van der Waals surface area contributed by atoms with Crippen LogP contribution >= 0.6 is 0 Å². The molecule has 0 unspecified atom stereocenters. The summed E-state index contributed by atoms with van der Waals surface area (Å²) in [4.78, 5) is 14.5. The quantitative estimate of drug-likeness (QED) is 0.779. The summed E-state index contributed by atoms with van der Waals surface area (Å²) in [5.41, 5.74) is 5.04. The fourth-order valence-corrected chi connectivity index (χ4v) is 3.60. The summed E-state index contributed by atoms with van der Waals surface area (Å²) in [5, 5.41) is 11.1. The number of fused-ring (bicyclic) bond motifs is 2. The average Bonchev–Trinajstić information content (AvgIpc) is 3.01. The molecule has 0 fully saturated rings. The van der Waals surface area contributed by atoms with Crippen LogP contribution in [-0.2, 0) is 13.5 Å². The minimum atomic E-state index is -0.107. The predicted octanol–water partition coefficient (Wildman–Crippen LogP) is 3.51. The van der Waals surface area contributed by atoms with E-state index in [9.17, 15) is 4.79 Å². The van der Waals surface area contributed by atoms with Crippen molar-refractivity contribution in [3.63, 3.8) is 0 Å². The van der Waals surface area contributed by atoms with Gasteiger partial charge in [0.15, 0.2) is 0 Å². The number of carbonyl (C=O) groups excluding carboxylic acids is 1. The molecule has 6 heteroatoms. The van der Waals surface area contributed by atoms with Crippen LogP contribution in [0.4, 0.5) is 10.5 Å². The molecule has 2 amide bonds. The molecule has 1 heterocycles. The first-order valence-corrected chi connectivity index (χ1v) is 8.54. The maximum Gasteiger partial charge on any atom is 0.322 e. The van der Waals surface area contributed by atoms with E-state index in [0.29, 0.717) is 0 Å². The van der Waals surface area contributed by atoms with E-state index >= 15 is 0 Å². The number of hydrogen-bond acceptors (Lipinski definition) is 3. The summed E-state index contributed by atoms with van der Waals surface area (Å²) in [6, 6.07) is 14.1. The van der Waals surface area contributed by atoms with Crippen molar-refractivity contribution in [3.05, 3.63) is 53.6 Å². The molecule has 0 saturated heterocycles. The summed E-state index contributed by atoms with van der Waals surface area (Å²) >= 11 is 0. The smallest absolute Gasteiger partial charge is 0.321 e. The molecule has 0 radical (unpaired) electrons. The monoisotopic (exact) mass is 335 g/mol. The van der Waals surface area contributed by atoms with Crippen LogP contribution in [0.2, 0.25) is 0 Å². The Labute approximate surface area is 146 Å². The van der Waals surface area contributed by atoms with Gasteiger partial charge in [-0.1, -0.05) is 29.5 Å². The zero-order valence-corrected chi connectivity index (χ0v) is 14.4. The van der Waals surface area contributed by atoms with E-state index in [4.69, 9.17) is 0 Å². The summed E-state index contributed by atoms with van der Waals surface area (Å²) in [7, 11) is 3.71. The van der Waals surface area contributed by atoms with Gasteiger partial charge in [0.1, 0.15) is 5.52 Å². The van der Waals surface area contributed by atoms with E-state index in [1.165, 1.54) is 11.1 Å². The molecular formula is C19H21N5O. The van der Waals surface area contributed by atoms with Crippen molar-refractivity contribution in [2.75, 3.05) is 12.4 Å². The van der Waals surface area contributed by atoms with Gasteiger partial charge in [-0.05, 0) is 48.6 Å². The van der Waals surface area contributed by atoms with E-state index in [-0.39, 0.29) is 12.1 Å². The third-order valence-corrected chi connectivity index (χ3v) is 4.99. The number of benzene rings is 2. The number of nitrogens with one attached hydrogen (secondary N) is 1. The lowest BCUT2D eigenvalue weighted by Gasteiger charge is -2.33. The highest BCUT2D eigenvalue weighted by Gasteiger charge is 2.26. The molecule has 4 rings (SSSR count). The maximum absolute atomic E-state index is 12.7. The Kier molecular flexibility index (Phi) is 3.87. The van der Waals surface area contributed by atoms with Gasteiger partial charge in [-0.3, -0.25) is 0 Å². The second-order valence-corrected chi connectivity index (χ2v) is 6.56. The summed E-state index contributed by atoms with van der Waals surface area (Å²) in [5.74, 6) is 0. The second kappa shape index (κ2) is 6.20. The van der Waals surface area contributed by atoms with Crippen molar-refractivity contribution in [3.8, 4) is 0 Å². The van der Waals surface area contributed by atoms with Gasteiger partial charge in [-0.15, -0.1) is 5.10 Å². The molecule has 0 saturated carbocycles. The molecule has 1 aliphatic carbocycles. The van der Waals surface area contributed by atoms with Crippen LogP contribution in [0.25, 0.3) is 11.0 Å². The van der Waals surface area contributed by atoms with Crippen LogP contribution in [-0.4, -0.2) is 33.0 Å². The van der Waals surface area contributed by atoms with E-state index in [0.717, 1.165) is 36.0 Å². The molecule has 1 atom stereocenters. The van der Waals surface area contributed by atoms with Crippen LogP contribution in [0.1, 0.15) is 30.0 Å². The van der Waals surface area contributed by atoms with Gasteiger partial charge in [0.2, 0.25) is 0 Å². The van der Waals surface area contributed by atoms with Crippen molar-refractivity contribution >= 4 is 22.8 Å². The number of rotatable bonds is 2. The molecule has 128 valence electrons. The Balaban J connectivity index is 1.54. The highest BCUT2D eigenvalue weighted by Crippen LogP contribution is 2.33. The van der Waals surface area contributed by atoms with Gasteiger partial charge in [-0.25, -0.2) is 9.48 Å². The maximum atomic E-state index is 12.7. The number of nitrogens with zero attached hydrogens (tertiary/aromatic N) is 4. The SMILES string of the molecule is CN(C(=O)Nc1ccc2c(c1)nnn2C)[C@H]1CCCc2ccccc21. The van der Waals surface area contributed by atoms with Gasteiger partial charge in [0.05, 0.1) is 11.6 Å². The van der Waals surface area contributed by atoms with Gasteiger partial charge < -0.3 is 10.2 Å². The lowest BCUT2D eigenvalue weighted by molar-refractivity contribution is 0.197. The van der Waals surface area contributed by atoms with Crippen molar-refractivity contribution in [2.45, 2.75) is 25.3 Å². The van der Waals surface area contributed by atoms with E-state index in [1.54, 1.807) is 9.58 Å². The van der Waals surface area contributed by atoms with Crippen molar-refractivity contribution < 1.29 is 4.79 Å². The third kappa shape index (κ3) is 2.84. The summed E-state index contributed by atoms with van der Waals surface area (Å²) < 4.78 is 1.71. The topological polar surface area (TPSA) is 63.1 Å². The number of anilines is 1. The first-order chi connectivity index (χ1) is 12.1. The van der Waals surface area contributed by atoms with E-state index in [2.05, 4.69) is 33.8 Å². The van der Waals surface area contributed by atoms with Gasteiger partial charge in [-0.2, -0.15) is 0 Å². The normalized spacial score (nSPS) is 16.5. The molecule has 1 N–H and O–H groups in total. The zero-order chi connectivity index (χ0) is 17.4. The Morgan fingerprint density at radius 1 is 1.28 bits per heavy atom. The highest BCUT2D eigenvalue weighted by atomic mass is 16.2. The number of urea groups is 1. The Morgan fingerprint density at radius 2 is 2.12 bits per heavy atom. The van der Waals surface area contributed by atoms with Crippen LogP contribution in [0.5, 0.6) is 0 Å². The number of aryl methyl sites for hydroxylation is 2. The van der Waals surface area contributed by atoms with E-state index in [1.807, 2.05) is 38.4 Å². The molecular weight excluding hydrogens is 314 g/mol. The van der Waals surface area contributed by atoms with Crippen molar-refractivity contribution in [1.82, 2.24) is 19.9 Å². The third-order valence-electron chi connectivity index (χ3n) is 4.99. The fraction of sp³-hybridized carbons (Fsp3) is 0.316. The van der Waals surface area contributed by atoms with Crippen LogP contribution in [0.3, 0.4) is 0 Å². The lowest BCUT2D eigenvalue weighted by Crippen LogP contribution is -2.36. The minimum Gasteiger partial charge on any atom is -0.321 e. The number of amides is 2. The number of hydrogen-bond donors (Lipinski definition) is 1. The molecule has 1 aliphatic rings. The van der Waals surface area contributed by atoms with Crippen molar-refractivity contribution in [2.24, 2.45) is 7.05 Å². The van der Waals surface area contributed by atoms with E-state index < -0.39 is 0 Å². The highest BCUT2D eigenvalue weighted by molar-refractivity contribution is 5.92. The number of aromatic nitrogens is 3. The molecule has 0 aliphatic heterocycles. The van der Waals surface area contributed by atoms with Crippen molar-refractivity contribution in [1.29, 1.82) is 0 Å².